The topological polar surface area (TPSA) is 29.3 Å². The number of benzene rings is 1. The highest BCUT2D eigenvalue weighted by Crippen LogP contribution is 2.41. The maximum absolute atomic E-state index is 5.67. The van der Waals surface area contributed by atoms with Crippen LogP contribution in [0, 0.1) is 0 Å². The van der Waals surface area contributed by atoms with Gasteiger partial charge in [-0.25, -0.2) is 0 Å². The SMILES string of the molecule is CC1CSc2cccc(Br)c2N1CCN. The minimum atomic E-state index is 0.560. The number of hydrogen-bond acceptors (Lipinski definition) is 3. The molecule has 1 heterocycles. The number of rotatable bonds is 2. The zero-order valence-corrected chi connectivity index (χ0v) is 11.1. The fourth-order valence-electron chi connectivity index (χ4n) is 1.88. The Kier molecular flexibility index (Phi) is 3.59. The fraction of sp³-hybridized carbons (Fsp3) is 0.455. The van der Waals surface area contributed by atoms with Gasteiger partial charge in [-0.2, -0.15) is 0 Å². The van der Waals surface area contributed by atoms with Gasteiger partial charge < -0.3 is 10.6 Å². The summed E-state index contributed by atoms with van der Waals surface area (Å²) in [4.78, 5) is 3.76. The molecule has 2 nitrogen and oxygen atoms in total. The molecule has 0 radical (unpaired) electrons. The molecule has 1 unspecified atom stereocenters. The highest BCUT2D eigenvalue weighted by Gasteiger charge is 2.24. The first-order valence-electron chi connectivity index (χ1n) is 5.12. The van der Waals surface area contributed by atoms with Crippen molar-refractivity contribution in [3.8, 4) is 0 Å². The van der Waals surface area contributed by atoms with Crippen molar-refractivity contribution in [2.75, 3.05) is 23.7 Å². The van der Waals surface area contributed by atoms with Crippen molar-refractivity contribution in [3.05, 3.63) is 22.7 Å². The van der Waals surface area contributed by atoms with Crippen molar-refractivity contribution in [2.24, 2.45) is 5.73 Å². The van der Waals surface area contributed by atoms with Gasteiger partial charge >= 0.3 is 0 Å². The van der Waals surface area contributed by atoms with Crippen molar-refractivity contribution < 1.29 is 0 Å². The first kappa shape index (κ1) is 11.3. The van der Waals surface area contributed by atoms with Gasteiger partial charge in [0.2, 0.25) is 0 Å². The Labute approximate surface area is 103 Å². The number of thioether (sulfide) groups is 1. The van der Waals surface area contributed by atoms with Crippen LogP contribution in [-0.4, -0.2) is 24.9 Å². The zero-order chi connectivity index (χ0) is 10.8. The van der Waals surface area contributed by atoms with Gasteiger partial charge in [-0.1, -0.05) is 6.07 Å². The Morgan fingerprint density at radius 2 is 2.40 bits per heavy atom. The third-order valence-electron chi connectivity index (χ3n) is 2.62. The molecule has 0 fully saturated rings. The molecule has 15 heavy (non-hydrogen) atoms. The van der Waals surface area contributed by atoms with E-state index in [4.69, 9.17) is 5.73 Å². The van der Waals surface area contributed by atoms with Crippen LogP contribution in [-0.2, 0) is 0 Å². The third-order valence-corrected chi connectivity index (χ3v) is 4.55. The van der Waals surface area contributed by atoms with E-state index in [9.17, 15) is 0 Å². The van der Waals surface area contributed by atoms with Crippen LogP contribution in [0.25, 0.3) is 0 Å². The van der Waals surface area contributed by atoms with Crippen molar-refractivity contribution >= 4 is 33.4 Å². The molecule has 0 amide bonds. The minimum Gasteiger partial charge on any atom is -0.365 e. The second-order valence-corrected chi connectivity index (χ2v) is 5.64. The quantitative estimate of drug-likeness (QED) is 0.907. The lowest BCUT2D eigenvalue weighted by Gasteiger charge is -2.37. The Balaban J connectivity index is 2.41. The number of fused-ring (bicyclic) bond motifs is 1. The smallest absolute Gasteiger partial charge is 0.0651 e. The van der Waals surface area contributed by atoms with E-state index in [-0.39, 0.29) is 0 Å². The Bertz CT molecular complexity index is 356. The molecule has 82 valence electrons. The lowest BCUT2D eigenvalue weighted by atomic mass is 10.2. The Morgan fingerprint density at radius 1 is 1.60 bits per heavy atom. The van der Waals surface area contributed by atoms with Crippen LogP contribution in [0.15, 0.2) is 27.6 Å². The standard InChI is InChI=1S/C11H15BrN2S/c1-8-7-15-10-4-2-3-9(12)11(10)14(8)6-5-13/h2-4,8H,5-7,13H2,1H3. The van der Waals surface area contributed by atoms with E-state index >= 15 is 0 Å². The summed E-state index contributed by atoms with van der Waals surface area (Å²) < 4.78 is 1.17. The van der Waals surface area contributed by atoms with Crippen LogP contribution in [0.3, 0.4) is 0 Å². The van der Waals surface area contributed by atoms with Crippen LogP contribution in [0.4, 0.5) is 5.69 Å². The van der Waals surface area contributed by atoms with Crippen LogP contribution >= 0.6 is 27.7 Å². The molecule has 2 rings (SSSR count). The van der Waals surface area contributed by atoms with Gasteiger partial charge in [0.05, 0.1) is 5.69 Å². The van der Waals surface area contributed by atoms with Gasteiger partial charge in [-0.3, -0.25) is 0 Å². The summed E-state index contributed by atoms with van der Waals surface area (Å²) in [5.41, 5.74) is 6.98. The number of para-hydroxylation sites is 1. The van der Waals surface area contributed by atoms with Crippen LogP contribution in [0.2, 0.25) is 0 Å². The summed E-state index contributed by atoms with van der Waals surface area (Å²) in [6.45, 7) is 3.89. The van der Waals surface area contributed by atoms with Gasteiger partial charge in [-0.05, 0) is 35.0 Å². The predicted molar refractivity (Wildman–Crippen MR) is 70.7 cm³/mol. The molecular formula is C11H15BrN2S. The number of halogens is 1. The van der Waals surface area contributed by atoms with Crippen molar-refractivity contribution in [1.82, 2.24) is 0 Å². The molecule has 1 atom stereocenters. The molecular weight excluding hydrogens is 272 g/mol. The van der Waals surface area contributed by atoms with Crippen LogP contribution < -0.4 is 10.6 Å². The van der Waals surface area contributed by atoms with E-state index in [0.29, 0.717) is 12.6 Å². The van der Waals surface area contributed by atoms with Gasteiger partial charge in [0.1, 0.15) is 0 Å². The molecule has 0 saturated heterocycles. The molecule has 4 heteroatoms. The molecule has 0 aliphatic carbocycles. The number of nitrogens with zero attached hydrogens (tertiary/aromatic N) is 1. The normalized spacial score (nSPS) is 20.2. The fourth-order valence-corrected chi connectivity index (χ4v) is 3.75. The Hall–Kier alpha value is -0.190. The predicted octanol–water partition coefficient (Wildman–Crippen LogP) is 2.71. The molecule has 0 bridgehead atoms. The summed E-state index contributed by atoms with van der Waals surface area (Å²) in [7, 11) is 0. The van der Waals surface area contributed by atoms with Crippen molar-refractivity contribution in [2.45, 2.75) is 17.9 Å². The van der Waals surface area contributed by atoms with E-state index in [2.05, 4.69) is 46.0 Å². The van der Waals surface area contributed by atoms with Gasteiger partial charge in [0.25, 0.3) is 0 Å². The highest BCUT2D eigenvalue weighted by molar-refractivity contribution is 9.10. The minimum absolute atomic E-state index is 0.560. The molecule has 1 aliphatic heterocycles. The lowest BCUT2D eigenvalue weighted by Crippen LogP contribution is -2.41. The zero-order valence-electron chi connectivity index (χ0n) is 8.74. The summed E-state index contributed by atoms with van der Waals surface area (Å²) in [6, 6.07) is 6.93. The lowest BCUT2D eigenvalue weighted by molar-refractivity contribution is 0.676. The second kappa shape index (κ2) is 4.76. The molecule has 0 spiro atoms. The van der Waals surface area contributed by atoms with E-state index in [1.54, 1.807) is 0 Å². The maximum atomic E-state index is 5.67. The Morgan fingerprint density at radius 3 is 3.13 bits per heavy atom. The number of hydrogen-bond donors (Lipinski definition) is 1. The van der Waals surface area contributed by atoms with Crippen LogP contribution in [0.1, 0.15) is 6.92 Å². The summed E-state index contributed by atoms with van der Waals surface area (Å²) in [6.07, 6.45) is 0. The first-order chi connectivity index (χ1) is 7.24. The van der Waals surface area contributed by atoms with Gasteiger partial charge in [0.15, 0.2) is 0 Å². The number of nitrogens with two attached hydrogens (primary N) is 1. The third kappa shape index (κ3) is 2.17. The monoisotopic (exact) mass is 286 g/mol. The largest absolute Gasteiger partial charge is 0.365 e. The van der Waals surface area contributed by atoms with Crippen LogP contribution in [0.5, 0.6) is 0 Å². The maximum Gasteiger partial charge on any atom is 0.0651 e. The average molecular weight is 287 g/mol. The molecule has 2 N–H and O–H groups in total. The first-order valence-corrected chi connectivity index (χ1v) is 6.90. The van der Waals surface area contributed by atoms with E-state index in [1.165, 1.54) is 15.1 Å². The molecule has 1 aromatic rings. The van der Waals surface area contributed by atoms with Gasteiger partial charge in [0, 0.05) is 34.3 Å². The van der Waals surface area contributed by atoms with E-state index in [0.717, 1.165) is 12.3 Å². The molecule has 0 saturated carbocycles. The summed E-state index contributed by atoms with van der Waals surface area (Å²) >= 11 is 5.55. The summed E-state index contributed by atoms with van der Waals surface area (Å²) in [5.74, 6) is 1.14. The average Bonchev–Trinajstić information content (AvgIpc) is 2.23. The van der Waals surface area contributed by atoms with E-state index in [1.807, 2.05) is 11.8 Å². The molecule has 0 aromatic heterocycles. The van der Waals surface area contributed by atoms with Crippen molar-refractivity contribution in [3.63, 3.8) is 0 Å². The molecule has 1 aliphatic rings. The molecule has 1 aromatic carbocycles. The summed E-state index contributed by atoms with van der Waals surface area (Å²) in [5, 5.41) is 0. The second-order valence-electron chi connectivity index (χ2n) is 3.73. The van der Waals surface area contributed by atoms with E-state index < -0.39 is 0 Å². The van der Waals surface area contributed by atoms with Crippen molar-refractivity contribution in [1.29, 1.82) is 0 Å². The number of anilines is 1. The van der Waals surface area contributed by atoms with Gasteiger partial charge in [-0.15, -0.1) is 11.8 Å². The highest BCUT2D eigenvalue weighted by atomic mass is 79.9.